The van der Waals surface area contributed by atoms with Gasteiger partial charge < -0.3 is 10.2 Å². The summed E-state index contributed by atoms with van der Waals surface area (Å²) in [7, 11) is -2.61. The molecule has 0 aliphatic rings. The predicted molar refractivity (Wildman–Crippen MR) is 162 cm³/mol. The van der Waals surface area contributed by atoms with Crippen molar-refractivity contribution in [3.63, 3.8) is 0 Å². The van der Waals surface area contributed by atoms with E-state index in [-0.39, 0.29) is 23.8 Å². The van der Waals surface area contributed by atoms with Gasteiger partial charge in [-0.2, -0.15) is 0 Å². The second kappa shape index (κ2) is 13.5. The van der Waals surface area contributed by atoms with Gasteiger partial charge in [0.1, 0.15) is 12.6 Å². The van der Waals surface area contributed by atoms with Crippen molar-refractivity contribution in [3.05, 3.63) is 131 Å². The molecule has 0 saturated carbocycles. The number of benzene rings is 4. The number of carbonyl (C=O) groups is 2. The molecule has 0 heterocycles. The number of nitrogens with one attached hydrogen (secondary N) is 1. The molecule has 0 radical (unpaired) electrons. The van der Waals surface area contributed by atoms with Crippen LogP contribution in [0, 0.1) is 6.92 Å². The van der Waals surface area contributed by atoms with Gasteiger partial charge in [0.15, 0.2) is 0 Å². The molecule has 4 aromatic rings. The van der Waals surface area contributed by atoms with Gasteiger partial charge in [-0.05, 0) is 54.4 Å². The van der Waals surface area contributed by atoms with Gasteiger partial charge in [0.25, 0.3) is 10.0 Å². The van der Waals surface area contributed by atoms with E-state index in [1.807, 2.05) is 43.3 Å². The number of rotatable bonds is 11. The first-order chi connectivity index (χ1) is 19.7. The van der Waals surface area contributed by atoms with Crippen LogP contribution < -0.4 is 9.62 Å². The average Bonchev–Trinajstić information content (AvgIpc) is 2.98. The van der Waals surface area contributed by atoms with Crippen molar-refractivity contribution in [1.29, 1.82) is 0 Å². The van der Waals surface area contributed by atoms with Crippen LogP contribution in [-0.4, -0.2) is 44.8 Å². The Hall–Kier alpha value is -4.14. The molecule has 0 aliphatic carbocycles. The van der Waals surface area contributed by atoms with Crippen molar-refractivity contribution in [1.82, 2.24) is 10.2 Å². The topological polar surface area (TPSA) is 86.8 Å². The molecule has 41 heavy (non-hydrogen) atoms. The molecule has 4 rings (SSSR count). The zero-order chi connectivity index (χ0) is 29.4. The number of anilines is 1. The first kappa shape index (κ1) is 29.8. The number of aryl methyl sites for hydroxylation is 1. The minimum Gasteiger partial charge on any atom is -0.357 e. The zero-order valence-corrected chi connectivity index (χ0v) is 24.5. The first-order valence-electron chi connectivity index (χ1n) is 13.1. The van der Waals surface area contributed by atoms with Crippen LogP contribution in [0.4, 0.5) is 5.69 Å². The van der Waals surface area contributed by atoms with Crippen molar-refractivity contribution < 1.29 is 18.0 Å². The van der Waals surface area contributed by atoms with Crippen LogP contribution in [0.25, 0.3) is 0 Å². The summed E-state index contributed by atoms with van der Waals surface area (Å²) in [5.41, 5.74) is 2.86. The molecule has 0 fully saturated rings. The van der Waals surface area contributed by atoms with Gasteiger partial charge in [-0.3, -0.25) is 13.9 Å². The molecular weight excluding hydrogens is 558 g/mol. The molecule has 0 bridgehead atoms. The fourth-order valence-electron chi connectivity index (χ4n) is 4.51. The van der Waals surface area contributed by atoms with Crippen LogP contribution in [-0.2, 0) is 32.6 Å². The van der Waals surface area contributed by atoms with Crippen LogP contribution in [0.1, 0.15) is 16.7 Å². The highest BCUT2D eigenvalue weighted by molar-refractivity contribution is 7.92. The highest BCUT2D eigenvalue weighted by Crippen LogP contribution is 2.25. The SMILES string of the molecule is CNC(=O)C(Cc1ccccc1)N(Cc1cccc(Cl)c1)C(=O)CN(c1ccc(C)cc1)S(=O)(=O)c1ccccc1. The molecule has 1 N–H and O–H groups in total. The van der Waals surface area contributed by atoms with Gasteiger partial charge in [0.2, 0.25) is 11.8 Å². The van der Waals surface area contributed by atoms with Crippen molar-refractivity contribution in [2.45, 2.75) is 30.8 Å². The fourth-order valence-corrected chi connectivity index (χ4v) is 6.16. The third-order valence-corrected chi connectivity index (χ3v) is 8.71. The average molecular weight is 590 g/mol. The monoisotopic (exact) mass is 589 g/mol. The highest BCUT2D eigenvalue weighted by atomic mass is 35.5. The van der Waals surface area contributed by atoms with E-state index in [1.54, 1.807) is 60.7 Å². The molecule has 0 aliphatic heterocycles. The predicted octanol–water partition coefficient (Wildman–Crippen LogP) is 5.23. The minimum absolute atomic E-state index is 0.0530. The summed E-state index contributed by atoms with van der Waals surface area (Å²) in [6, 6.07) is 30.4. The summed E-state index contributed by atoms with van der Waals surface area (Å²) >= 11 is 6.24. The maximum Gasteiger partial charge on any atom is 0.264 e. The summed E-state index contributed by atoms with van der Waals surface area (Å²) in [5.74, 6) is -0.897. The molecule has 1 unspecified atom stereocenters. The molecule has 7 nitrogen and oxygen atoms in total. The molecule has 1 atom stereocenters. The third-order valence-electron chi connectivity index (χ3n) is 6.69. The van der Waals surface area contributed by atoms with Crippen LogP contribution in [0.3, 0.4) is 0 Å². The molecule has 4 aromatic carbocycles. The van der Waals surface area contributed by atoms with Crippen LogP contribution in [0.15, 0.2) is 114 Å². The Morgan fingerprint density at radius 2 is 1.44 bits per heavy atom. The maximum atomic E-state index is 14.2. The number of carbonyl (C=O) groups excluding carboxylic acids is 2. The smallest absolute Gasteiger partial charge is 0.264 e. The Morgan fingerprint density at radius 3 is 2.05 bits per heavy atom. The third kappa shape index (κ3) is 7.54. The zero-order valence-electron chi connectivity index (χ0n) is 22.9. The summed E-state index contributed by atoms with van der Waals surface area (Å²) < 4.78 is 28.9. The van der Waals surface area contributed by atoms with E-state index in [0.29, 0.717) is 16.3 Å². The van der Waals surface area contributed by atoms with Gasteiger partial charge in [-0.25, -0.2) is 8.42 Å². The second-order valence-corrected chi connectivity index (χ2v) is 11.9. The van der Waals surface area contributed by atoms with E-state index in [9.17, 15) is 18.0 Å². The van der Waals surface area contributed by atoms with E-state index in [4.69, 9.17) is 11.6 Å². The van der Waals surface area contributed by atoms with E-state index in [0.717, 1.165) is 15.4 Å². The first-order valence-corrected chi connectivity index (χ1v) is 14.9. The number of sulfonamides is 1. The van der Waals surface area contributed by atoms with E-state index in [1.165, 1.54) is 24.1 Å². The summed E-state index contributed by atoms with van der Waals surface area (Å²) in [6.45, 7) is 1.44. The summed E-state index contributed by atoms with van der Waals surface area (Å²) in [5, 5.41) is 3.16. The largest absolute Gasteiger partial charge is 0.357 e. The normalized spacial score (nSPS) is 11.9. The number of nitrogens with zero attached hydrogens (tertiary/aromatic N) is 2. The van der Waals surface area contributed by atoms with E-state index < -0.39 is 28.5 Å². The Bertz CT molecular complexity index is 1580. The van der Waals surface area contributed by atoms with Crippen molar-refractivity contribution in [2.75, 3.05) is 17.9 Å². The molecule has 2 amide bonds. The van der Waals surface area contributed by atoms with Gasteiger partial charge >= 0.3 is 0 Å². The van der Waals surface area contributed by atoms with Crippen molar-refractivity contribution in [3.8, 4) is 0 Å². The second-order valence-electron chi connectivity index (χ2n) is 9.63. The molecular formula is C32H32ClN3O4S. The molecule has 9 heteroatoms. The van der Waals surface area contributed by atoms with Crippen LogP contribution in [0.5, 0.6) is 0 Å². The van der Waals surface area contributed by atoms with Gasteiger partial charge in [-0.15, -0.1) is 0 Å². The van der Waals surface area contributed by atoms with Gasteiger partial charge in [0.05, 0.1) is 10.6 Å². The maximum absolute atomic E-state index is 14.2. The summed E-state index contributed by atoms with van der Waals surface area (Å²) in [4.78, 5) is 29.0. The Balaban J connectivity index is 1.78. The number of hydrogen-bond donors (Lipinski definition) is 1. The fraction of sp³-hybridized carbons (Fsp3) is 0.188. The lowest BCUT2D eigenvalue weighted by Crippen LogP contribution is -2.53. The molecule has 212 valence electrons. The lowest BCUT2D eigenvalue weighted by Gasteiger charge is -2.33. The standard InChI is InChI=1S/C32H32ClN3O4S/c1-24-16-18-28(19-17-24)36(41(39,40)29-14-7-4-8-15-29)23-31(37)35(22-26-12-9-13-27(33)20-26)30(32(38)34-2)21-25-10-5-3-6-11-25/h3-20,30H,21-23H2,1-2H3,(H,34,38). The molecule has 0 spiro atoms. The number of hydrogen-bond acceptors (Lipinski definition) is 4. The Labute approximate surface area is 246 Å². The summed E-state index contributed by atoms with van der Waals surface area (Å²) in [6.07, 6.45) is 0.239. The van der Waals surface area contributed by atoms with Gasteiger partial charge in [-0.1, -0.05) is 90.0 Å². The number of halogens is 1. The minimum atomic E-state index is -4.12. The molecule has 0 saturated heterocycles. The van der Waals surface area contributed by atoms with Crippen LogP contribution >= 0.6 is 11.6 Å². The molecule has 0 aromatic heterocycles. The number of amides is 2. The van der Waals surface area contributed by atoms with Gasteiger partial charge in [0, 0.05) is 25.0 Å². The lowest BCUT2D eigenvalue weighted by atomic mass is 10.0. The number of likely N-dealkylation sites (N-methyl/N-ethyl adjacent to an activating group) is 1. The Morgan fingerprint density at radius 1 is 0.829 bits per heavy atom. The lowest BCUT2D eigenvalue weighted by molar-refractivity contribution is -0.139. The van der Waals surface area contributed by atoms with Crippen molar-refractivity contribution in [2.24, 2.45) is 0 Å². The van der Waals surface area contributed by atoms with E-state index >= 15 is 0 Å². The highest BCUT2D eigenvalue weighted by Gasteiger charge is 2.34. The van der Waals surface area contributed by atoms with E-state index in [2.05, 4.69) is 5.32 Å². The quantitative estimate of drug-likeness (QED) is 0.260. The Kier molecular flexibility index (Phi) is 9.81. The van der Waals surface area contributed by atoms with Crippen LogP contribution in [0.2, 0.25) is 5.02 Å². The van der Waals surface area contributed by atoms with Crippen molar-refractivity contribution >= 4 is 39.1 Å².